The zero-order chi connectivity index (χ0) is 22.4. The van der Waals surface area contributed by atoms with Crippen LogP contribution in [0.15, 0.2) is 30.3 Å². The van der Waals surface area contributed by atoms with E-state index in [0.717, 1.165) is 6.07 Å². The average Bonchev–Trinajstić information content (AvgIpc) is 2.72. The second kappa shape index (κ2) is 8.06. The molecule has 168 valence electrons. The fourth-order valence-corrected chi connectivity index (χ4v) is 3.87. The van der Waals surface area contributed by atoms with Crippen molar-refractivity contribution in [2.45, 2.75) is 56.3 Å². The smallest absolute Gasteiger partial charge is 0.187 e. The van der Waals surface area contributed by atoms with Crippen molar-refractivity contribution >= 4 is 0 Å². The van der Waals surface area contributed by atoms with Crippen molar-refractivity contribution in [3.05, 3.63) is 41.5 Å². The molecule has 4 rings (SSSR count). The fourth-order valence-electron chi connectivity index (χ4n) is 3.87. The molecule has 2 aliphatic rings. The van der Waals surface area contributed by atoms with Gasteiger partial charge < -0.3 is 50.0 Å². The van der Waals surface area contributed by atoms with Crippen LogP contribution in [0.2, 0.25) is 0 Å². The summed E-state index contributed by atoms with van der Waals surface area (Å²) in [5, 5.41) is 69.9. The molecule has 0 saturated carbocycles. The summed E-state index contributed by atoms with van der Waals surface area (Å²) in [4.78, 5) is 0. The molecule has 7 atom stereocenters. The van der Waals surface area contributed by atoms with Gasteiger partial charge in [0.25, 0.3) is 0 Å². The molecule has 2 unspecified atom stereocenters. The number of hydrogen-bond donors (Lipinski definition) is 7. The Kier molecular flexibility index (Phi) is 5.58. The summed E-state index contributed by atoms with van der Waals surface area (Å²) in [7, 11) is 0. The molecule has 1 fully saturated rings. The summed E-state index contributed by atoms with van der Waals surface area (Å²) in [6, 6.07) is 6.54. The lowest BCUT2D eigenvalue weighted by atomic mass is 9.93. The molecular formula is C21H24O10. The van der Waals surface area contributed by atoms with Crippen LogP contribution in [0.25, 0.3) is 0 Å². The number of aliphatic hydroxyl groups is 3. The second-order valence-electron chi connectivity index (χ2n) is 7.79. The molecule has 0 radical (unpaired) electrons. The topological polar surface area (TPSA) is 169 Å². The number of aromatic hydroxyl groups is 4. The Morgan fingerprint density at radius 1 is 0.871 bits per heavy atom. The van der Waals surface area contributed by atoms with Gasteiger partial charge in [0.2, 0.25) is 0 Å². The van der Waals surface area contributed by atoms with Crippen LogP contribution >= 0.6 is 0 Å². The number of aliphatic hydroxyl groups excluding tert-OH is 3. The van der Waals surface area contributed by atoms with Gasteiger partial charge in [-0.15, -0.1) is 0 Å². The maximum absolute atomic E-state index is 10.3. The third-order valence-electron chi connectivity index (χ3n) is 5.61. The minimum atomic E-state index is -1.55. The highest BCUT2D eigenvalue weighted by Crippen LogP contribution is 2.44. The van der Waals surface area contributed by atoms with E-state index in [0.29, 0.717) is 11.1 Å². The molecule has 2 aliphatic heterocycles. The standard InChI is InChI=1S/C21H24O10/c1-8-17(26)18(27)19(28)21(29-8)31-16-7-11-13(24)5-10(22)6-15(11)30-20(16)9-2-3-12(23)14(25)4-9/h2-6,8,16-28H,7H2,1H3/t8-,16?,17-,18+,19+,20?,21-/m0/s1. The van der Waals surface area contributed by atoms with Crippen LogP contribution in [0, 0.1) is 0 Å². The Balaban J connectivity index is 1.69. The molecule has 10 nitrogen and oxygen atoms in total. The van der Waals surface area contributed by atoms with E-state index in [9.17, 15) is 35.7 Å². The predicted molar refractivity (Wildman–Crippen MR) is 104 cm³/mol. The number of fused-ring (bicyclic) bond motifs is 1. The van der Waals surface area contributed by atoms with Gasteiger partial charge in [0.15, 0.2) is 23.9 Å². The van der Waals surface area contributed by atoms with Crippen molar-refractivity contribution in [1.82, 2.24) is 0 Å². The molecule has 10 heteroatoms. The van der Waals surface area contributed by atoms with Crippen LogP contribution in [-0.2, 0) is 15.9 Å². The molecule has 1 saturated heterocycles. The summed E-state index contributed by atoms with van der Waals surface area (Å²) in [5.74, 6) is -0.941. The van der Waals surface area contributed by atoms with E-state index in [1.807, 2.05) is 0 Å². The van der Waals surface area contributed by atoms with E-state index in [2.05, 4.69) is 0 Å². The second-order valence-corrected chi connectivity index (χ2v) is 7.79. The van der Waals surface area contributed by atoms with Gasteiger partial charge in [-0.3, -0.25) is 0 Å². The van der Waals surface area contributed by atoms with Crippen molar-refractivity contribution in [2.75, 3.05) is 0 Å². The highest BCUT2D eigenvalue weighted by molar-refractivity contribution is 5.52. The van der Waals surface area contributed by atoms with Crippen LogP contribution in [0.5, 0.6) is 28.7 Å². The molecule has 0 bridgehead atoms. The van der Waals surface area contributed by atoms with Crippen LogP contribution in [0.1, 0.15) is 24.2 Å². The first-order valence-electron chi connectivity index (χ1n) is 9.74. The number of rotatable bonds is 3. The van der Waals surface area contributed by atoms with Gasteiger partial charge in [-0.05, 0) is 24.6 Å². The summed E-state index contributed by atoms with van der Waals surface area (Å²) < 4.78 is 17.4. The average molecular weight is 436 g/mol. The number of phenols is 4. The minimum Gasteiger partial charge on any atom is -0.508 e. The van der Waals surface area contributed by atoms with E-state index in [1.165, 1.54) is 31.2 Å². The lowest BCUT2D eigenvalue weighted by Gasteiger charge is -2.42. The molecule has 2 heterocycles. The van der Waals surface area contributed by atoms with E-state index >= 15 is 0 Å². The minimum absolute atomic E-state index is 0.0767. The van der Waals surface area contributed by atoms with Gasteiger partial charge in [0.1, 0.15) is 41.7 Å². The van der Waals surface area contributed by atoms with Gasteiger partial charge >= 0.3 is 0 Å². The molecule has 2 aromatic carbocycles. The first-order valence-corrected chi connectivity index (χ1v) is 9.74. The number of hydrogen-bond acceptors (Lipinski definition) is 10. The summed E-state index contributed by atoms with van der Waals surface area (Å²) >= 11 is 0. The van der Waals surface area contributed by atoms with Gasteiger partial charge in [-0.2, -0.15) is 0 Å². The van der Waals surface area contributed by atoms with Crippen molar-refractivity contribution in [3.63, 3.8) is 0 Å². The molecule has 2 aromatic rings. The first kappa shape index (κ1) is 21.5. The van der Waals surface area contributed by atoms with Gasteiger partial charge in [-0.1, -0.05) is 6.07 Å². The zero-order valence-electron chi connectivity index (χ0n) is 16.5. The predicted octanol–water partition coefficient (Wildman–Crippen LogP) is 0.398. The van der Waals surface area contributed by atoms with Crippen LogP contribution < -0.4 is 4.74 Å². The molecule has 7 N–H and O–H groups in total. The third-order valence-corrected chi connectivity index (χ3v) is 5.61. The van der Waals surface area contributed by atoms with Gasteiger partial charge in [0.05, 0.1) is 6.10 Å². The van der Waals surface area contributed by atoms with E-state index in [-0.39, 0.29) is 35.2 Å². The van der Waals surface area contributed by atoms with Gasteiger partial charge in [-0.25, -0.2) is 0 Å². The Morgan fingerprint density at radius 3 is 2.32 bits per heavy atom. The molecule has 0 amide bonds. The largest absolute Gasteiger partial charge is 0.508 e. The summed E-state index contributed by atoms with van der Waals surface area (Å²) in [6.45, 7) is 1.52. The SMILES string of the molecule is C[C@@H]1O[C@@H](OC2Cc3c(O)cc(O)cc3OC2c2ccc(O)c(O)c2)[C@H](O)[C@H](O)[C@H]1O. The van der Waals surface area contributed by atoms with Gasteiger partial charge in [0, 0.05) is 24.1 Å². The van der Waals surface area contributed by atoms with Crippen LogP contribution in [0.3, 0.4) is 0 Å². The molecule has 0 aromatic heterocycles. The quantitative estimate of drug-likeness (QED) is 0.334. The van der Waals surface area contributed by atoms with E-state index < -0.39 is 42.9 Å². The summed E-state index contributed by atoms with van der Waals surface area (Å²) in [6.07, 6.45) is -8.15. The number of benzene rings is 2. The maximum atomic E-state index is 10.3. The highest BCUT2D eigenvalue weighted by atomic mass is 16.7. The molecular weight excluding hydrogens is 412 g/mol. The molecule has 31 heavy (non-hydrogen) atoms. The van der Waals surface area contributed by atoms with Crippen molar-refractivity contribution in [3.8, 4) is 28.7 Å². The van der Waals surface area contributed by atoms with Crippen molar-refractivity contribution < 1.29 is 50.0 Å². The fraction of sp³-hybridized carbons (Fsp3) is 0.429. The lowest BCUT2D eigenvalue weighted by Crippen LogP contribution is -2.58. The lowest BCUT2D eigenvalue weighted by molar-refractivity contribution is -0.310. The Hall–Kier alpha value is -2.76. The normalized spacial score (nSPS) is 32.8. The van der Waals surface area contributed by atoms with E-state index in [1.54, 1.807) is 0 Å². The van der Waals surface area contributed by atoms with Crippen LogP contribution in [-0.4, -0.2) is 72.6 Å². The monoisotopic (exact) mass is 436 g/mol. The third kappa shape index (κ3) is 3.95. The van der Waals surface area contributed by atoms with Crippen molar-refractivity contribution in [2.24, 2.45) is 0 Å². The van der Waals surface area contributed by atoms with Crippen molar-refractivity contribution in [1.29, 1.82) is 0 Å². The Bertz CT molecular complexity index is 963. The first-order chi connectivity index (χ1) is 14.7. The van der Waals surface area contributed by atoms with E-state index in [4.69, 9.17) is 14.2 Å². The zero-order valence-corrected chi connectivity index (χ0v) is 16.5. The molecule has 0 aliphatic carbocycles. The number of ether oxygens (including phenoxy) is 3. The molecule has 0 spiro atoms. The highest BCUT2D eigenvalue weighted by Gasteiger charge is 2.45. The summed E-state index contributed by atoms with van der Waals surface area (Å²) in [5.41, 5.74) is 0.758. The maximum Gasteiger partial charge on any atom is 0.187 e. The Morgan fingerprint density at radius 2 is 1.61 bits per heavy atom. The number of phenolic OH excluding ortho intramolecular Hbond substituents is 4. The Labute approximate surface area is 177 Å². The van der Waals surface area contributed by atoms with Crippen LogP contribution in [0.4, 0.5) is 0 Å².